The van der Waals surface area contributed by atoms with Crippen molar-refractivity contribution in [3.8, 4) is 12.3 Å². The van der Waals surface area contributed by atoms with Crippen molar-refractivity contribution in [2.45, 2.75) is 31.8 Å². The molecular weight excluding hydrogens is 250 g/mol. The fraction of sp³-hybridized carbons (Fsp3) is 0.312. The number of carbonyl (C=O) groups excluding carboxylic acids is 1. The molecule has 4 nitrogen and oxygen atoms in total. The van der Waals surface area contributed by atoms with E-state index in [4.69, 9.17) is 12.2 Å². The number of benzene rings is 1. The van der Waals surface area contributed by atoms with Gasteiger partial charge in [0.05, 0.1) is 11.6 Å². The zero-order valence-electron chi connectivity index (χ0n) is 11.7. The van der Waals surface area contributed by atoms with Crippen LogP contribution in [0.15, 0.2) is 30.5 Å². The van der Waals surface area contributed by atoms with Gasteiger partial charge in [0.2, 0.25) is 5.91 Å². The second-order valence-corrected chi connectivity index (χ2v) is 5.43. The second-order valence-electron chi connectivity index (χ2n) is 5.43. The number of nitrogens with one attached hydrogen (secondary N) is 2. The number of hydrogen-bond donors (Lipinski definition) is 3. The minimum atomic E-state index is -0.686. The van der Waals surface area contributed by atoms with Crippen LogP contribution in [0.1, 0.15) is 19.4 Å². The smallest absolute Gasteiger partial charge is 0.238 e. The SMILES string of the molecule is C#CC(C)(C)NC(=O)C(N)Cc1c[nH]c2ccccc12. The van der Waals surface area contributed by atoms with Crippen molar-refractivity contribution in [2.24, 2.45) is 5.73 Å². The molecule has 1 unspecified atom stereocenters. The van der Waals surface area contributed by atoms with E-state index in [0.29, 0.717) is 6.42 Å². The Balaban J connectivity index is 2.10. The average molecular weight is 269 g/mol. The largest absolute Gasteiger partial charge is 0.361 e. The summed E-state index contributed by atoms with van der Waals surface area (Å²) in [6.07, 6.45) is 7.72. The lowest BCUT2D eigenvalue weighted by atomic mass is 10.0. The molecule has 4 N–H and O–H groups in total. The lowest BCUT2D eigenvalue weighted by molar-refractivity contribution is -0.123. The third-order valence-corrected chi connectivity index (χ3v) is 3.25. The second kappa shape index (κ2) is 5.40. The molecule has 0 spiro atoms. The lowest BCUT2D eigenvalue weighted by Crippen LogP contribution is -2.50. The highest BCUT2D eigenvalue weighted by Gasteiger charge is 2.22. The molecule has 0 bridgehead atoms. The van der Waals surface area contributed by atoms with E-state index in [9.17, 15) is 4.79 Å². The maximum absolute atomic E-state index is 12.0. The Labute approximate surface area is 118 Å². The molecule has 0 aliphatic heterocycles. The van der Waals surface area contributed by atoms with E-state index in [1.165, 1.54) is 0 Å². The zero-order valence-corrected chi connectivity index (χ0v) is 11.7. The maximum Gasteiger partial charge on any atom is 0.238 e. The third-order valence-electron chi connectivity index (χ3n) is 3.25. The van der Waals surface area contributed by atoms with Crippen LogP contribution in [-0.2, 0) is 11.2 Å². The molecule has 0 radical (unpaired) electrons. The number of aromatic amines is 1. The summed E-state index contributed by atoms with van der Waals surface area (Å²) in [5.41, 5.74) is 7.35. The van der Waals surface area contributed by atoms with Gasteiger partial charge in [0, 0.05) is 17.1 Å². The molecule has 2 rings (SSSR count). The van der Waals surface area contributed by atoms with Gasteiger partial charge in [-0.3, -0.25) is 4.79 Å². The van der Waals surface area contributed by atoms with Gasteiger partial charge in [-0.1, -0.05) is 24.1 Å². The third kappa shape index (κ3) is 3.01. The molecule has 0 aliphatic rings. The van der Waals surface area contributed by atoms with E-state index < -0.39 is 11.6 Å². The van der Waals surface area contributed by atoms with Crippen LogP contribution in [0.4, 0.5) is 0 Å². The van der Waals surface area contributed by atoms with Crippen molar-refractivity contribution in [1.82, 2.24) is 10.3 Å². The van der Waals surface area contributed by atoms with E-state index in [-0.39, 0.29) is 5.91 Å². The van der Waals surface area contributed by atoms with E-state index in [1.54, 1.807) is 13.8 Å². The summed E-state index contributed by atoms with van der Waals surface area (Å²) in [4.78, 5) is 15.2. The van der Waals surface area contributed by atoms with Crippen LogP contribution in [0, 0.1) is 12.3 Å². The molecule has 1 aromatic carbocycles. The molecular formula is C16H19N3O. The minimum Gasteiger partial charge on any atom is -0.361 e. The molecule has 0 aliphatic carbocycles. The molecule has 1 heterocycles. The van der Waals surface area contributed by atoms with E-state index in [2.05, 4.69) is 16.2 Å². The van der Waals surface area contributed by atoms with Crippen molar-refractivity contribution in [2.75, 3.05) is 0 Å². The number of rotatable bonds is 4. The molecule has 1 amide bonds. The molecule has 1 aromatic heterocycles. The molecule has 0 saturated carbocycles. The number of fused-ring (bicyclic) bond motifs is 1. The Morgan fingerprint density at radius 1 is 1.50 bits per heavy atom. The summed E-state index contributed by atoms with van der Waals surface area (Å²) in [7, 11) is 0. The Bertz CT molecular complexity index is 664. The number of terminal acetylenes is 1. The predicted molar refractivity (Wildman–Crippen MR) is 81.0 cm³/mol. The van der Waals surface area contributed by atoms with Crippen molar-refractivity contribution in [1.29, 1.82) is 0 Å². The van der Waals surface area contributed by atoms with Gasteiger partial charge < -0.3 is 16.0 Å². The predicted octanol–water partition coefficient (Wildman–Crippen LogP) is 1.57. The fourth-order valence-electron chi connectivity index (χ4n) is 2.07. The summed E-state index contributed by atoms with van der Waals surface area (Å²) >= 11 is 0. The van der Waals surface area contributed by atoms with Crippen molar-refractivity contribution in [3.05, 3.63) is 36.0 Å². The standard InChI is InChI=1S/C16H19N3O/c1-4-16(2,3)19-15(20)13(17)9-11-10-18-14-8-6-5-7-12(11)14/h1,5-8,10,13,18H,9,17H2,2-3H3,(H,19,20). The zero-order chi connectivity index (χ0) is 14.8. The summed E-state index contributed by atoms with van der Waals surface area (Å²) in [5.74, 6) is 2.28. The van der Waals surface area contributed by atoms with Gasteiger partial charge >= 0.3 is 0 Å². The summed E-state index contributed by atoms with van der Waals surface area (Å²) in [6, 6.07) is 7.31. The van der Waals surface area contributed by atoms with Crippen LogP contribution < -0.4 is 11.1 Å². The Morgan fingerprint density at radius 2 is 2.20 bits per heavy atom. The van der Waals surface area contributed by atoms with Crippen LogP contribution in [0.3, 0.4) is 0 Å². The van der Waals surface area contributed by atoms with Gasteiger partial charge in [0.1, 0.15) is 0 Å². The average Bonchev–Trinajstić information content (AvgIpc) is 2.82. The number of para-hydroxylation sites is 1. The van der Waals surface area contributed by atoms with Crippen LogP contribution in [0.5, 0.6) is 0 Å². The van der Waals surface area contributed by atoms with Gasteiger partial charge in [-0.05, 0) is 31.9 Å². The highest BCUT2D eigenvalue weighted by Crippen LogP contribution is 2.18. The summed E-state index contributed by atoms with van der Waals surface area (Å²) in [5, 5.41) is 3.85. The number of H-pyrrole nitrogens is 1. The number of aromatic nitrogens is 1. The fourth-order valence-corrected chi connectivity index (χ4v) is 2.07. The molecule has 4 heteroatoms. The van der Waals surface area contributed by atoms with Gasteiger partial charge in [-0.15, -0.1) is 6.42 Å². The van der Waals surface area contributed by atoms with E-state index in [1.807, 2.05) is 30.5 Å². The molecule has 104 valence electrons. The minimum absolute atomic E-state index is 0.238. The van der Waals surface area contributed by atoms with E-state index >= 15 is 0 Å². The maximum atomic E-state index is 12.0. The Kier molecular flexibility index (Phi) is 3.82. The van der Waals surface area contributed by atoms with E-state index in [0.717, 1.165) is 16.5 Å². The number of nitrogens with two attached hydrogens (primary N) is 1. The number of amides is 1. The first kappa shape index (κ1) is 14.2. The summed E-state index contributed by atoms with van der Waals surface area (Å²) < 4.78 is 0. The van der Waals surface area contributed by atoms with Gasteiger partial charge in [0.15, 0.2) is 0 Å². The van der Waals surface area contributed by atoms with Gasteiger partial charge in [-0.25, -0.2) is 0 Å². The highest BCUT2D eigenvalue weighted by molar-refractivity contribution is 5.86. The number of hydrogen-bond acceptors (Lipinski definition) is 2. The monoisotopic (exact) mass is 269 g/mol. The summed E-state index contributed by atoms with van der Waals surface area (Å²) in [6.45, 7) is 3.53. The van der Waals surface area contributed by atoms with Gasteiger partial charge in [0.25, 0.3) is 0 Å². The molecule has 1 atom stereocenters. The van der Waals surface area contributed by atoms with Crippen LogP contribution in [0.25, 0.3) is 10.9 Å². The van der Waals surface area contributed by atoms with Crippen LogP contribution in [-0.4, -0.2) is 22.5 Å². The van der Waals surface area contributed by atoms with Crippen molar-refractivity contribution in [3.63, 3.8) is 0 Å². The molecule has 2 aromatic rings. The van der Waals surface area contributed by atoms with Crippen molar-refractivity contribution >= 4 is 16.8 Å². The Hall–Kier alpha value is -2.25. The molecule has 20 heavy (non-hydrogen) atoms. The van der Waals surface area contributed by atoms with Crippen LogP contribution in [0.2, 0.25) is 0 Å². The van der Waals surface area contributed by atoms with Crippen molar-refractivity contribution < 1.29 is 4.79 Å². The first-order valence-corrected chi connectivity index (χ1v) is 6.53. The quantitative estimate of drug-likeness (QED) is 0.737. The van der Waals surface area contributed by atoms with Gasteiger partial charge in [-0.2, -0.15) is 0 Å². The molecule has 0 fully saturated rings. The topological polar surface area (TPSA) is 70.9 Å². The molecule has 0 saturated heterocycles. The first-order chi connectivity index (χ1) is 9.43. The number of carbonyl (C=O) groups is 1. The van der Waals surface area contributed by atoms with Crippen LogP contribution >= 0.6 is 0 Å². The Morgan fingerprint density at radius 3 is 2.90 bits per heavy atom. The lowest BCUT2D eigenvalue weighted by Gasteiger charge is -2.22. The first-order valence-electron chi connectivity index (χ1n) is 6.53. The normalized spacial score (nSPS) is 12.9. The highest BCUT2D eigenvalue weighted by atomic mass is 16.2.